The molecule has 2 unspecified atom stereocenters. The molecule has 1 aliphatic rings. The molecule has 1 aliphatic heterocycles. The van der Waals surface area contributed by atoms with Crippen LogP contribution in [0.2, 0.25) is 0 Å². The summed E-state index contributed by atoms with van der Waals surface area (Å²) in [6.45, 7) is 4.30. The molecular weight excluding hydrogens is 222 g/mol. The number of carbonyl (C=O) groups excluding carboxylic acids is 1. The standard InChI is InChI=1S/C12H17NO4/c1-8-5-10(6-17-8)11(14)13-7-12(15)3-4-16-9(12)2/h5-6,9,15H,3-4,7H2,1-2H3,(H,13,14). The molecule has 5 heteroatoms. The fraction of sp³-hybridized carbons (Fsp3) is 0.583. The number of rotatable bonds is 3. The lowest BCUT2D eigenvalue weighted by atomic mass is 9.96. The second-order valence-corrected chi connectivity index (χ2v) is 4.50. The molecule has 0 aromatic carbocycles. The monoisotopic (exact) mass is 239 g/mol. The van der Waals surface area contributed by atoms with Crippen LogP contribution in [-0.4, -0.2) is 35.9 Å². The third-order valence-corrected chi connectivity index (χ3v) is 3.21. The number of nitrogens with one attached hydrogen (secondary N) is 1. The topological polar surface area (TPSA) is 71.7 Å². The Morgan fingerprint density at radius 1 is 1.71 bits per heavy atom. The summed E-state index contributed by atoms with van der Waals surface area (Å²) in [5.74, 6) is 0.445. The average Bonchev–Trinajstić information content (AvgIpc) is 2.84. The van der Waals surface area contributed by atoms with Gasteiger partial charge in [-0.15, -0.1) is 0 Å². The average molecular weight is 239 g/mol. The maximum atomic E-state index is 11.7. The van der Waals surface area contributed by atoms with Crippen molar-refractivity contribution in [2.75, 3.05) is 13.2 Å². The van der Waals surface area contributed by atoms with Gasteiger partial charge in [-0.25, -0.2) is 0 Å². The molecule has 0 bridgehead atoms. The van der Waals surface area contributed by atoms with Crippen molar-refractivity contribution in [3.63, 3.8) is 0 Å². The molecule has 0 spiro atoms. The quantitative estimate of drug-likeness (QED) is 0.820. The zero-order chi connectivity index (χ0) is 12.5. The third-order valence-electron chi connectivity index (χ3n) is 3.21. The summed E-state index contributed by atoms with van der Waals surface area (Å²) in [7, 11) is 0. The van der Waals surface area contributed by atoms with E-state index in [1.165, 1.54) is 6.26 Å². The largest absolute Gasteiger partial charge is 0.469 e. The van der Waals surface area contributed by atoms with Gasteiger partial charge in [0.25, 0.3) is 5.91 Å². The lowest BCUT2D eigenvalue weighted by Gasteiger charge is -2.25. The Morgan fingerprint density at radius 3 is 3.00 bits per heavy atom. The summed E-state index contributed by atoms with van der Waals surface area (Å²) in [5, 5.41) is 12.9. The van der Waals surface area contributed by atoms with Crippen LogP contribution in [0.5, 0.6) is 0 Å². The summed E-state index contributed by atoms with van der Waals surface area (Å²) < 4.78 is 10.3. The number of furan rings is 1. The highest BCUT2D eigenvalue weighted by molar-refractivity contribution is 5.94. The number of hydrogen-bond donors (Lipinski definition) is 2. The van der Waals surface area contributed by atoms with Crippen LogP contribution in [0.25, 0.3) is 0 Å². The molecule has 2 atom stereocenters. The maximum Gasteiger partial charge on any atom is 0.254 e. The van der Waals surface area contributed by atoms with Gasteiger partial charge in [0.05, 0.1) is 11.7 Å². The van der Waals surface area contributed by atoms with Gasteiger partial charge in [0.15, 0.2) is 0 Å². The van der Waals surface area contributed by atoms with E-state index in [4.69, 9.17) is 9.15 Å². The highest BCUT2D eigenvalue weighted by Crippen LogP contribution is 2.24. The van der Waals surface area contributed by atoms with Crippen molar-refractivity contribution < 1.29 is 19.1 Å². The van der Waals surface area contributed by atoms with E-state index >= 15 is 0 Å². The van der Waals surface area contributed by atoms with Gasteiger partial charge in [-0.3, -0.25) is 4.79 Å². The molecule has 2 heterocycles. The van der Waals surface area contributed by atoms with Crippen LogP contribution in [-0.2, 0) is 4.74 Å². The van der Waals surface area contributed by atoms with Crippen molar-refractivity contribution in [2.24, 2.45) is 0 Å². The Morgan fingerprint density at radius 2 is 2.47 bits per heavy atom. The molecule has 1 aromatic rings. The number of amides is 1. The van der Waals surface area contributed by atoms with Crippen LogP contribution >= 0.6 is 0 Å². The summed E-state index contributed by atoms with van der Waals surface area (Å²) in [5.41, 5.74) is -0.494. The summed E-state index contributed by atoms with van der Waals surface area (Å²) in [6.07, 6.45) is 1.69. The van der Waals surface area contributed by atoms with Crippen molar-refractivity contribution in [3.05, 3.63) is 23.7 Å². The predicted molar refractivity (Wildman–Crippen MR) is 60.8 cm³/mol. The molecule has 0 saturated carbocycles. The molecule has 5 nitrogen and oxygen atoms in total. The van der Waals surface area contributed by atoms with Gasteiger partial charge in [-0.05, 0) is 19.9 Å². The van der Waals surface area contributed by atoms with E-state index in [9.17, 15) is 9.90 Å². The van der Waals surface area contributed by atoms with Crippen LogP contribution in [0, 0.1) is 6.92 Å². The van der Waals surface area contributed by atoms with E-state index in [2.05, 4.69) is 5.32 Å². The second-order valence-electron chi connectivity index (χ2n) is 4.50. The predicted octanol–water partition coefficient (Wildman–Crippen LogP) is 0.858. The Hall–Kier alpha value is -1.33. The van der Waals surface area contributed by atoms with Gasteiger partial charge >= 0.3 is 0 Å². The van der Waals surface area contributed by atoms with E-state index in [0.29, 0.717) is 24.4 Å². The molecule has 2 rings (SSSR count). The molecule has 1 amide bonds. The van der Waals surface area contributed by atoms with Gasteiger partial charge in [0, 0.05) is 19.6 Å². The summed E-state index contributed by atoms with van der Waals surface area (Å²) in [4.78, 5) is 11.7. The SMILES string of the molecule is Cc1cc(C(=O)NCC2(O)CCOC2C)co1. The first kappa shape index (κ1) is 12.1. The number of aryl methyl sites for hydroxylation is 1. The second kappa shape index (κ2) is 4.50. The zero-order valence-corrected chi connectivity index (χ0v) is 10.0. The third kappa shape index (κ3) is 2.50. The van der Waals surface area contributed by atoms with Gasteiger partial charge in [0.2, 0.25) is 0 Å². The Bertz CT molecular complexity index is 414. The van der Waals surface area contributed by atoms with Gasteiger partial charge in [-0.2, -0.15) is 0 Å². The van der Waals surface area contributed by atoms with Gasteiger partial charge < -0.3 is 19.6 Å². The first-order valence-electron chi connectivity index (χ1n) is 5.68. The smallest absolute Gasteiger partial charge is 0.254 e. The van der Waals surface area contributed by atoms with Gasteiger partial charge in [-0.1, -0.05) is 0 Å². The molecule has 1 saturated heterocycles. The molecule has 0 radical (unpaired) electrons. The highest BCUT2D eigenvalue weighted by atomic mass is 16.5. The Kier molecular flexibility index (Phi) is 3.22. The minimum atomic E-state index is -0.964. The number of hydrogen-bond acceptors (Lipinski definition) is 4. The fourth-order valence-electron chi connectivity index (χ4n) is 1.90. The van der Waals surface area contributed by atoms with Crippen LogP contribution in [0.15, 0.2) is 16.7 Å². The minimum Gasteiger partial charge on any atom is -0.469 e. The molecule has 1 aromatic heterocycles. The van der Waals surface area contributed by atoms with Crippen LogP contribution in [0.3, 0.4) is 0 Å². The Balaban J connectivity index is 1.92. The van der Waals surface area contributed by atoms with Crippen molar-refractivity contribution in [3.8, 4) is 0 Å². The minimum absolute atomic E-state index is 0.192. The summed E-state index contributed by atoms with van der Waals surface area (Å²) in [6, 6.07) is 1.66. The van der Waals surface area contributed by atoms with E-state index in [1.54, 1.807) is 19.9 Å². The number of ether oxygens (including phenoxy) is 1. The molecule has 1 fully saturated rings. The fourth-order valence-corrected chi connectivity index (χ4v) is 1.90. The zero-order valence-electron chi connectivity index (χ0n) is 10.0. The van der Waals surface area contributed by atoms with E-state index in [0.717, 1.165) is 0 Å². The van der Waals surface area contributed by atoms with Crippen LogP contribution in [0.4, 0.5) is 0 Å². The summed E-state index contributed by atoms with van der Waals surface area (Å²) >= 11 is 0. The van der Waals surface area contributed by atoms with Crippen LogP contribution < -0.4 is 5.32 Å². The molecule has 94 valence electrons. The molecule has 17 heavy (non-hydrogen) atoms. The molecule has 2 N–H and O–H groups in total. The van der Waals surface area contributed by atoms with Gasteiger partial charge in [0.1, 0.15) is 17.6 Å². The van der Waals surface area contributed by atoms with E-state index < -0.39 is 5.60 Å². The maximum absolute atomic E-state index is 11.7. The van der Waals surface area contributed by atoms with Crippen LogP contribution in [0.1, 0.15) is 29.5 Å². The van der Waals surface area contributed by atoms with Crippen molar-refractivity contribution in [2.45, 2.75) is 32.0 Å². The Labute approximate surface area is 99.8 Å². The highest BCUT2D eigenvalue weighted by Gasteiger charge is 2.39. The van der Waals surface area contributed by atoms with E-state index in [1.807, 2.05) is 0 Å². The first-order valence-corrected chi connectivity index (χ1v) is 5.68. The van der Waals surface area contributed by atoms with Crippen molar-refractivity contribution in [1.29, 1.82) is 0 Å². The normalized spacial score (nSPS) is 28.3. The lowest BCUT2D eigenvalue weighted by Crippen LogP contribution is -2.47. The number of carbonyl (C=O) groups is 1. The first-order chi connectivity index (χ1) is 8.01. The number of aliphatic hydroxyl groups is 1. The van der Waals surface area contributed by atoms with E-state index in [-0.39, 0.29) is 18.6 Å². The lowest BCUT2D eigenvalue weighted by molar-refractivity contribution is -0.0251. The van der Waals surface area contributed by atoms with Crippen molar-refractivity contribution >= 4 is 5.91 Å². The van der Waals surface area contributed by atoms with Crippen molar-refractivity contribution in [1.82, 2.24) is 5.32 Å². The molecule has 0 aliphatic carbocycles. The molecular formula is C12H17NO4.